The van der Waals surface area contributed by atoms with Gasteiger partial charge in [-0.3, -0.25) is 0 Å². The number of fused-ring (bicyclic) bond motifs is 1. The van der Waals surface area contributed by atoms with E-state index in [1.807, 2.05) is 6.92 Å². The van der Waals surface area contributed by atoms with Gasteiger partial charge in [-0.15, -0.1) is 0 Å². The predicted octanol–water partition coefficient (Wildman–Crippen LogP) is 3.59. The molecule has 0 spiro atoms. The zero-order chi connectivity index (χ0) is 11.0. The van der Waals surface area contributed by atoms with Gasteiger partial charge in [0.15, 0.2) is 0 Å². The summed E-state index contributed by atoms with van der Waals surface area (Å²) in [6.07, 6.45) is 0.987. The number of rotatable bonds is 2. The van der Waals surface area contributed by atoms with Crippen molar-refractivity contribution in [1.82, 2.24) is 0 Å². The first-order valence-electron chi connectivity index (χ1n) is 4.97. The molecular weight excluding hydrogens is 235 g/mol. The minimum Gasteiger partial charge on any atom is -0.485 e. The van der Waals surface area contributed by atoms with Crippen LogP contribution in [0.15, 0.2) is 12.1 Å². The first kappa shape index (κ1) is 11.1. The highest BCUT2D eigenvalue weighted by Crippen LogP contribution is 2.45. The predicted molar refractivity (Wildman–Crippen MR) is 60.7 cm³/mol. The Morgan fingerprint density at radius 3 is 2.80 bits per heavy atom. The molecule has 1 heterocycles. The Morgan fingerprint density at radius 1 is 1.40 bits per heavy atom. The summed E-state index contributed by atoms with van der Waals surface area (Å²) in [5.41, 5.74) is 0.739. The van der Waals surface area contributed by atoms with Gasteiger partial charge >= 0.3 is 0 Å². The van der Waals surface area contributed by atoms with E-state index in [1.165, 1.54) is 0 Å². The number of aliphatic hydroxyl groups is 1. The minimum atomic E-state index is -0.588. The minimum absolute atomic E-state index is 0.194. The van der Waals surface area contributed by atoms with Crippen molar-refractivity contribution >= 4 is 23.2 Å². The topological polar surface area (TPSA) is 29.5 Å². The summed E-state index contributed by atoms with van der Waals surface area (Å²) in [4.78, 5) is 0. The van der Waals surface area contributed by atoms with Crippen LogP contribution in [0.5, 0.6) is 5.75 Å². The van der Waals surface area contributed by atoms with Gasteiger partial charge in [0.25, 0.3) is 0 Å². The third-order valence-electron chi connectivity index (χ3n) is 2.59. The van der Waals surface area contributed by atoms with E-state index in [0.717, 1.165) is 18.4 Å². The molecule has 0 saturated heterocycles. The summed E-state index contributed by atoms with van der Waals surface area (Å²) in [6.45, 7) is 2.05. The zero-order valence-electron chi connectivity index (χ0n) is 8.34. The van der Waals surface area contributed by atoms with Crippen molar-refractivity contribution in [3.05, 3.63) is 27.7 Å². The lowest BCUT2D eigenvalue weighted by atomic mass is 10.0. The van der Waals surface area contributed by atoms with Gasteiger partial charge in [-0.1, -0.05) is 42.6 Å². The fourth-order valence-corrected chi connectivity index (χ4v) is 2.18. The van der Waals surface area contributed by atoms with Crippen LogP contribution in [-0.4, -0.2) is 11.2 Å². The Morgan fingerprint density at radius 2 is 2.13 bits per heavy atom. The highest BCUT2D eigenvalue weighted by atomic mass is 35.5. The molecule has 4 heteroatoms. The second-order valence-electron chi connectivity index (χ2n) is 3.67. The van der Waals surface area contributed by atoms with Crippen LogP contribution in [0.2, 0.25) is 10.0 Å². The van der Waals surface area contributed by atoms with Crippen molar-refractivity contribution in [1.29, 1.82) is 0 Å². The van der Waals surface area contributed by atoms with Gasteiger partial charge in [0.2, 0.25) is 0 Å². The molecule has 0 saturated carbocycles. The lowest BCUT2D eigenvalue weighted by Crippen LogP contribution is -2.17. The monoisotopic (exact) mass is 246 g/mol. The molecule has 1 aromatic rings. The Hall–Kier alpha value is -0.440. The molecule has 2 nitrogen and oxygen atoms in total. The van der Waals surface area contributed by atoms with Gasteiger partial charge in [0.1, 0.15) is 23.0 Å². The van der Waals surface area contributed by atoms with Crippen LogP contribution in [-0.2, 0) is 0 Å². The van der Waals surface area contributed by atoms with E-state index in [0.29, 0.717) is 15.8 Å². The molecule has 0 fully saturated rings. The second-order valence-corrected chi connectivity index (χ2v) is 4.45. The molecule has 1 N–H and O–H groups in total. The van der Waals surface area contributed by atoms with Crippen molar-refractivity contribution in [3.8, 4) is 5.75 Å². The molecule has 0 amide bonds. The smallest absolute Gasteiger partial charge is 0.145 e. The molecule has 0 bridgehead atoms. The molecule has 0 aromatic heterocycles. The molecule has 15 heavy (non-hydrogen) atoms. The van der Waals surface area contributed by atoms with Gasteiger partial charge in [-0.25, -0.2) is 0 Å². The summed E-state index contributed by atoms with van der Waals surface area (Å²) in [5.74, 6) is 0.537. The summed E-state index contributed by atoms with van der Waals surface area (Å²) in [6, 6.07) is 3.45. The number of aliphatic hydroxyl groups excluding tert-OH is 1. The first-order chi connectivity index (χ1) is 7.15. The molecule has 0 aliphatic carbocycles. The average molecular weight is 247 g/mol. The summed E-state index contributed by atoms with van der Waals surface area (Å²) >= 11 is 11.9. The maximum Gasteiger partial charge on any atom is 0.145 e. The summed E-state index contributed by atoms with van der Waals surface area (Å²) < 4.78 is 5.60. The van der Waals surface area contributed by atoms with Gasteiger partial charge in [0.05, 0.1) is 5.02 Å². The lowest BCUT2D eigenvalue weighted by molar-refractivity contribution is 0.0617. The van der Waals surface area contributed by atoms with E-state index < -0.39 is 6.10 Å². The summed E-state index contributed by atoms with van der Waals surface area (Å²) in [7, 11) is 0. The van der Waals surface area contributed by atoms with Crippen molar-refractivity contribution in [2.45, 2.75) is 32.0 Å². The van der Waals surface area contributed by atoms with Crippen LogP contribution >= 0.6 is 23.2 Å². The van der Waals surface area contributed by atoms with Gasteiger partial charge in [0, 0.05) is 5.56 Å². The molecule has 2 unspecified atom stereocenters. The zero-order valence-corrected chi connectivity index (χ0v) is 9.85. The van der Waals surface area contributed by atoms with Gasteiger partial charge in [-0.05, 0) is 12.5 Å². The Kier molecular flexibility index (Phi) is 3.10. The fourth-order valence-electron chi connectivity index (χ4n) is 1.82. The van der Waals surface area contributed by atoms with E-state index >= 15 is 0 Å². The molecule has 82 valence electrons. The van der Waals surface area contributed by atoms with Crippen LogP contribution < -0.4 is 4.74 Å². The first-order valence-corrected chi connectivity index (χ1v) is 5.73. The quantitative estimate of drug-likeness (QED) is 0.865. The maximum atomic E-state index is 9.96. The van der Waals surface area contributed by atoms with Gasteiger partial charge < -0.3 is 9.84 Å². The molecule has 2 rings (SSSR count). The SMILES string of the molecule is CCCC1Oc2c(ccc(Cl)c2Cl)C1O. The number of hydrogen-bond donors (Lipinski definition) is 1. The Balaban J connectivity index is 2.36. The highest BCUT2D eigenvalue weighted by Gasteiger charge is 2.34. The van der Waals surface area contributed by atoms with Crippen LogP contribution in [0.1, 0.15) is 31.4 Å². The third kappa shape index (κ3) is 1.82. The Labute approximate surface area is 98.8 Å². The van der Waals surface area contributed by atoms with E-state index in [-0.39, 0.29) is 6.10 Å². The highest BCUT2D eigenvalue weighted by molar-refractivity contribution is 6.43. The number of ether oxygens (including phenoxy) is 1. The van der Waals surface area contributed by atoms with Crippen molar-refractivity contribution < 1.29 is 9.84 Å². The van der Waals surface area contributed by atoms with E-state index in [4.69, 9.17) is 27.9 Å². The molecule has 1 aromatic carbocycles. The fraction of sp³-hybridized carbons (Fsp3) is 0.455. The standard InChI is InChI=1S/C11H12Cl2O2/c1-2-3-8-10(14)6-4-5-7(12)9(13)11(6)15-8/h4-5,8,10,14H,2-3H2,1H3. The maximum absolute atomic E-state index is 9.96. The lowest BCUT2D eigenvalue weighted by Gasteiger charge is -2.12. The molecule has 1 aliphatic rings. The van der Waals surface area contributed by atoms with E-state index in [1.54, 1.807) is 12.1 Å². The normalized spacial score (nSPS) is 23.7. The van der Waals surface area contributed by atoms with Crippen LogP contribution in [0.3, 0.4) is 0 Å². The van der Waals surface area contributed by atoms with E-state index in [9.17, 15) is 5.11 Å². The van der Waals surface area contributed by atoms with Crippen molar-refractivity contribution in [3.63, 3.8) is 0 Å². The van der Waals surface area contributed by atoms with Crippen LogP contribution in [0.25, 0.3) is 0 Å². The largest absolute Gasteiger partial charge is 0.485 e. The van der Waals surface area contributed by atoms with Crippen molar-refractivity contribution in [2.24, 2.45) is 0 Å². The number of hydrogen-bond acceptors (Lipinski definition) is 2. The van der Waals surface area contributed by atoms with E-state index in [2.05, 4.69) is 0 Å². The average Bonchev–Trinajstić information content (AvgIpc) is 2.52. The number of halogens is 2. The van der Waals surface area contributed by atoms with Gasteiger partial charge in [-0.2, -0.15) is 0 Å². The molecule has 2 atom stereocenters. The molecule has 0 radical (unpaired) electrons. The number of benzene rings is 1. The second kappa shape index (κ2) is 4.20. The van der Waals surface area contributed by atoms with Crippen molar-refractivity contribution in [2.75, 3.05) is 0 Å². The van der Waals surface area contributed by atoms with Crippen LogP contribution in [0, 0.1) is 0 Å². The third-order valence-corrected chi connectivity index (χ3v) is 3.38. The Bertz CT molecular complexity index is 379. The molecular formula is C11H12Cl2O2. The summed E-state index contributed by atoms with van der Waals surface area (Å²) in [5, 5.41) is 10.8. The molecule has 1 aliphatic heterocycles. The van der Waals surface area contributed by atoms with Crippen LogP contribution in [0.4, 0.5) is 0 Å².